The summed E-state index contributed by atoms with van der Waals surface area (Å²) in [4.78, 5) is 9.98. The fourth-order valence-electron chi connectivity index (χ4n) is 3.65. The van der Waals surface area contributed by atoms with E-state index < -0.39 is 0 Å². The second kappa shape index (κ2) is 6.64. The lowest BCUT2D eigenvalue weighted by Gasteiger charge is -2.26. The van der Waals surface area contributed by atoms with Gasteiger partial charge in [0.2, 0.25) is 0 Å². The summed E-state index contributed by atoms with van der Waals surface area (Å²) >= 11 is 3.57. The molecule has 0 N–H and O–H groups in total. The van der Waals surface area contributed by atoms with Crippen molar-refractivity contribution in [3.8, 4) is 0 Å². The Morgan fingerprint density at radius 3 is 2.96 bits per heavy atom. The summed E-state index contributed by atoms with van der Waals surface area (Å²) in [6.45, 7) is 5.20. The summed E-state index contributed by atoms with van der Waals surface area (Å²) in [6, 6.07) is 10.7. The number of hydrogen-bond acceptors (Lipinski definition) is 6. The fraction of sp³-hybridized carbons (Fsp3) is 0.316. The molecule has 1 aromatic carbocycles. The van der Waals surface area contributed by atoms with Gasteiger partial charge in [0.05, 0.1) is 5.39 Å². The number of rotatable bonds is 4. The van der Waals surface area contributed by atoms with Crippen molar-refractivity contribution in [1.82, 2.24) is 24.5 Å². The third-order valence-electron chi connectivity index (χ3n) is 4.81. The van der Waals surface area contributed by atoms with E-state index in [2.05, 4.69) is 52.4 Å². The van der Waals surface area contributed by atoms with Crippen molar-refractivity contribution in [2.45, 2.75) is 31.6 Å². The zero-order valence-electron chi connectivity index (χ0n) is 14.6. The molecule has 0 saturated heterocycles. The van der Waals surface area contributed by atoms with Crippen LogP contribution in [-0.2, 0) is 19.5 Å². The molecule has 0 aliphatic carbocycles. The fourth-order valence-corrected chi connectivity index (χ4v) is 5.65. The predicted molar refractivity (Wildman–Crippen MR) is 107 cm³/mol. The van der Waals surface area contributed by atoms with E-state index in [4.69, 9.17) is 4.98 Å². The van der Waals surface area contributed by atoms with E-state index in [9.17, 15) is 0 Å². The Morgan fingerprint density at radius 1 is 1.23 bits per heavy atom. The molecule has 0 spiro atoms. The lowest BCUT2D eigenvalue weighted by molar-refractivity contribution is 0.249. The molecule has 1 aliphatic heterocycles. The van der Waals surface area contributed by atoms with Gasteiger partial charge in [-0.15, -0.1) is 21.5 Å². The van der Waals surface area contributed by atoms with Crippen molar-refractivity contribution < 1.29 is 0 Å². The maximum atomic E-state index is 4.93. The first kappa shape index (κ1) is 16.2. The van der Waals surface area contributed by atoms with E-state index in [0.717, 1.165) is 47.4 Å². The van der Waals surface area contributed by atoms with Crippen LogP contribution in [0.4, 0.5) is 0 Å². The molecular formula is C19H19N5S2. The number of hydrogen-bond donors (Lipinski definition) is 0. The van der Waals surface area contributed by atoms with Crippen LogP contribution >= 0.6 is 23.1 Å². The van der Waals surface area contributed by atoms with E-state index in [0.29, 0.717) is 0 Å². The highest BCUT2D eigenvalue weighted by Gasteiger charge is 2.24. The van der Waals surface area contributed by atoms with Crippen LogP contribution in [-0.4, -0.2) is 36.8 Å². The number of fused-ring (bicyclic) bond motifs is 5. The van der Waals surface area contributed by atoms with E-state index in [-0.39, 0.29) is 0 Å². The molecule has 0 bridgehead atoms. The van der Waals surface area contributed by atoms with Crippen LogP contribution in [0, 0.1) is 0 Å². The van der Waals surface area contributed by atoms with Gasteiger partial charge in [0, 0.05) is 24.5 Å². The van der Waals surface area contributed by atoms with Crippen LogP contribution in [0.1, 0.15) is 22.9 Å². The second-order valence-electron chi connectivity index (χ2n) is 6.48. The summed E-state index contributed by atoms with van der Waals surface area (Å²) in [5.41, 5.74) is 3.75. The van der Waals surface area contributed by atoms with Gasteiger partial charge in [-0.2, -0.15) is 0 Å². The lowest BCUT2D eigenvalue weighted by atomic mass is 10.0. The third-order valence-corrected chi connectivity index (χ3v) is 6.76. The summed E-state index contributed by atoms with van der Waals surface area (Å²) in [7, 11) is 0. The van der Waals surface area contributed by atoms with E-state index in [1.54, 1.807) is 18.1 Å². The lowest BCUT2D eigenvalue weighted by Crippen LogP contribution is -2.29. The molecule has 4 heterocycles. The van der Waals surface area contributed by atoms with Gasteiger partial charge in [0.25, 0.3) is 0 Å². The largest absolute Gasteiger partial charge is 0.294 e. The Balaban J connectivity index is 1.54. The van der Waals surface area contributed by atoms with Crippen LogP contribution in [0.3, 0.4) is 0 Å². The van der Waals surface area contributed by atoms with Gasteiger partial charge < -0.3 is 0 Å². The van der Waals surface area contributed by atoms with Crippen molar-refractivity contribution in [3.63, 3.8) is 0 Å². The van der Waals surface area contributed by atoms with Crippen LogP contribution in [0.5, 0.6) is 0 Å². The summed E-state index contributed by atoms with van der Waals surface area (Å²) in [6.07, 6.45) is 2.83. The van der Waals surface area contributed by atoms with Gasteiger partial charge in [0.1, 0.15) is 11.2 Å². The van der Waals surface area contributed by atoms with E-state index >= 15 is 0 Å². The average Bonchev–Trinajstić information content (AvgIpc) is 3.26. The van der Waals surface area contributed by atoms with Crippen molar-refractivity contribution in [2.75, 3.05) is 12.3 Å². The van der Waals surface area contributed by atoms with Crippen LogP contribution in [0.25, 0.3) is 15.9 Å². The maximum absolute atomic E-state index is 4.93. The topological polar surface area (TPSA) is 46.3 Å². The average molecular weight is 382 g/mol. The molecule has 132 valence electrons. The number of thiophene rings is 1. The van der Waals surface area contributed by atoms with Crippen molar-refractivity contribution in [2.24, 2.45) is 0 Å². The number of benzene rings is 1. The van der Waals surface area contributed by atoms with Gasteiger partial charge in [-0.25, -0.2) is 4.98 Å². The number of nitrogens with zero attached hydrogens (tertiary/aromatic N) is 5. The second-order valence-corrected chi connectivity index (χ2v) is 8.80. The Bertz CT molecular complexity index is 1070. The number of thioether (sulfide) groups is 1. The van der Waals surface area contributed by atoms with Crippen LogP contribution < -0.4 is 0 Å². The van der Waals surface area contributed by atoms with E-state index in [1.807, 2.05) is 15.7 Å². The Labute approximate surface area is 160 Å². The molecule has 0 saturated carbocycles. The normalized spacial score (nSPS) is 15.0. The van der Waals surface area contributed by atoms with Gasteiger partial charge in [0.15, 0.2) is 10.8 Å². The van der Waals surface area contributed by atoms with Gasteiger partial charge in [-0.05, 0) is 23.3 Å². The molecule has 0 unspecified atom stereocenters. The van der Waals surface area contributed by atoms with Gasteiger partial charge in [-0.1, -0.05) is 49.0 Å². The highest BCUT2D eigenvalue weighted by molar-refractivity contribution is 7.99. The Kier molecular flexibility index (Phi) is 4.15. The molecule has 4 aromatic rings. The first-order chi connectivity index (χ1) is 12.8. The molecule has 26 heavy (non-hydrogen) atoms. The van der Waals surface area contributed by atoms with E-state index in [1.165, 1.54) is 21.4 Å². The zero-order chi connectivity index (χ0) is 17.5. The Hall–Kier alpha value is -1.96. The standard InChI is InChI=1S/C19H19N5S2/c1-2-25-19-21-18-16(17-22-20-12-24(17)19)14-8-9-23(11-15(14)26-18)10-13-6-4-3-5-7-13/h3-7,12H,2,8-11H2,1H3. The molecule has 0 amide bonds. The monoisotopic (exact) mass is 381 g/mol. The first-order valence-electron chi connectivity index (χ1n) is 8.86. The van der Waals surface area contributed by atoms with Crippen molar-refractivity contribution in [1.29, 1.82) is 0 Å². The van der Waals surface area contributed by atoms with Gasteiger partial charge in [-0.3, -0.25) is 9.30 Å². The molecule has 5 rings (SSSR count). The smallest absolute Gasteiger partial charge is 0.176 e. The molecule has 0 fully saturated rings. The predicted octanol–water partition coefficient (Wildman–Crippen LogP) is 4.01. The minimum atomic E-state index is 0.958. The molecule has 0 atom stereocenters. The SMILES string of the molecule is CCSc1nc2sc3c(c2c2nncn12)CCN(Cc1ccccc1)C3. The quantitative estimate of drug-likeness (QED) is 0.395. The minimum Gasteiger partial charge on any atom is -0.294 e. The molecule has 1 aliphatic rings. The first-order valence-corrected chi connectivity index (χ1v) is 10.7. The van der Waals surface area contributed by atoms with Crippen LogP contribution in [0.15, 0.2) is 41.8 Å². The number of aromatic nitrogens is 4. The summed E-state index contributed by atoms with van der Waals surface area (Å²) in [5, 5.41) is 10.8. The molecule has 3 aromatic heterocycles. The Morgan fingerprint density at radius 2 is 2.12 bits per heavy atom. The van der Waals surface area contributed by atoms with Gasteiger partial charge >= 0.3 is 0 Å². The van der Waals surface area contributed by atoms with Crippen molar-refractivity contribution >= 4 is 39.0 Å². The van der Waals surface area contributed by atoms with Crippen molar-refractivity contribution in [3.05, 3.63) is 52.7 Å². The molecule has 7 heteroatoms. The summed E-state index contributed by atoms with van der Waals surface area (Å²) < 4.78 is 2.04. The zero-order valence-corrected chi connectivity index (χ0v) is 16.2. The molecular weight excluding hydrogens is 362 g/mol. The highest BCUT2D eigenvalue weighted by Crippen LogP contribution is 2.37. The minimum absolute atomic E-state index is 0.958. The highest BCUT2D eigenvalue weighted by atomic mass is 32.2. The third kappa shape index (κ3) is 2.71. The molecule has 0 radical (unpaired) electrons. The van der Waals surface area contributed by atoms with Crippen LogP contribution in [0.2, 0.25) is 0 Å². The maximum Gasteiger partial charge on any atom is 0.176 e. The summed E-state index contributed by atoms with van der Waals surface area (Å²) in [5.74, 6) is 0.988. The molecule has 5 nitrogen and oxygen atoms in total.